The second-order valence-corrected chi connectivity index (χ2v) is 4.31. The lowest BCUT2D eigenvalue weighted by atomic mass is 10.1. The summed E-state index contributed by atoms with van der Waals surface area (Å²) in [6.07, 6.45) is 0. The average Bonchev–Trinajstić information content (AvgIpc) is 2.45. The van der Waals surface area contributed by atoms with Crippen LogP contribution in [0.1, 0.15) is 44.1 Å². The van der Waals surface area contributed by atoms with Crippen molar-refractivity contribution in [3.05, 3.63) is 11.5 Å². The van der Waals surface area contributed by atoms with Gasteiger partial charge in [0.25, 0.3) is 0 Å². The molecule has 0 spiro atoms. The number of methoxy groups -OCH3 is 1. The smallest absolute Gasteiger partial charge is 0.126 e. The fourth-order valence-electron chi connectivity index (χ4n) is 1.76. The Hall–Kier alpha value is -1.03. The summed E-state index contributed by atoms with van der Waals surface area (Å²) in [4.78, 5) is 4.59. The summed E-state index contributed by atoms with van der Waals surface area (Å²) in [6, 6.07) is 0. The van der Waals surface area contributed by atoms with E-state index in [1.165, 1.54) is 0 Å². The Balaban J connectivity index is 3.04. The second kappa shape index (κ2) is 4.66. The Bertz CT molecular complexity index is 331. The first-order valence-electron chi connectivity index (χ1n) is 5.29. The molecule has 1 rings (SSSR count). The molecule has 0 bridgehead atoms. The Morgan fingerprint density at radius 3 is 2.40 bits per heavy atom. The summed E-state index contributed by atoms with van der Waals surface area (Å²) in [6.45, 7) is 6.96. The Morgan fingerprint density at radius 2 is 2.00 bits per heavy atom. The molecule has 0 radical (unpaired) electrons. The van der Waals surface area contributed by atoms with Crippen LogP contribution in [0.3, 0.4) is 0 Å². The van der Waals surface area contributed by atoms with E-state index in [0.717, 1.165) is 17.3 Å². The largest absolute Gasteiger partial charge is 0.384 e. The SMILES string of the molecule is COCC(C)c1nc(C(C)C)n(C)c1N. The van der Waals surface area contributed by atoms with E-state index in [1.807, 2.05) is 11.6 Å². The molecule has 4 heteroatoms. The second-order valence-electron chi connectivity index (χ2n) is 4.31. The van der Waals surface area contributed by atoms with E-state index in [-0.39, 0.29) is 5.92 Å². The molecule has 1 heterocycles. The highest BCUT2D eigenvalue weighted by Crippen LogP contribution is 2.25. The third kappa shape index (κ3) is 2.31. The van der Waals surface area contributed by atoms with Gasteiger partial charge in [-0.25, -0.2) is 4.98 Å². The number of anilines is 1. The summed E-state index contributed by atoms with van der Waals surface area (Å²) in [5.41, 5.74) is 6.96. The molecule has 0 aliphatic rings. The summed E-state index contributed by atoms with van der Waals surface area (Å²) in [7, 11) is 3.65. The predicted molar refractivity (Wildman–Crippen MR) is 62.0 cm³/mol. The van der Waals surface area contributed by atoms with E-state index in [4.69, 9.17) is 10.5 Å². The third-order valence-electron chi connectivity index (χ3n) is 2.60. The van der Waals surface area contributed by atoms with Gasteiger partial charge in [0.15, 0.2) is 0 Å². The lowest BCUT2D eigenvalue weighted by Crippen LogP contribution is -2.06. The molecule has 0 saturated carbocycles. The van der Waals surface area contributed by atoms with Crippen LogP contribution in [0, 0.1) is 0 Å². The van der Waals surface area contributed by atoms with Gasteiger partial charge in [0.05, 0.1) is 12.3 Å². The van der Waals surface area contributed by atoms with Gasteiger partial charge in [0, 0.05) is 26.0 Å². The molecule has 0 aliphatic heterocycles. The number of aromatic nitrogens is 2. The van der Waals surface area contributed by atoms with Crippen molar-refractivity contribution in [2.24, 2.45) is 7.05 Å². The maximum absolute atomic E-state index is 6.02. The molecule has 1 aromatic heterocycles. The zero-order chi connectivity index (χ0) is 11.6. The van der Waals surface area contributed by atoms with Crippen molar-refractivity contribution in [3.63, 3.8) is 0 Å². The Morgan fingerprint density at radius 1 is 1.40 bits per heavy atom. The summed E-state index contributed by atoms with van der Waals surface area (Å²) in [5, 5.41) is 0. The minimum Gasteiger partial charge on any atom is -0.384 e. The Kier molecular flexibility index (Phi) is 3.74. The van der Waals surface area contributed by atoms with Gasteiger partial charge in [-0.2, -0.15) is 0 Å². The first kappa shape index (κ1) is 12.0. The molecule has 0 saturated heterocycles. The van der Waals surface area contributed by atoms with Gasteiger partial charge in [-0.15, -0.1) is 0 Å². The third-order valence-corrected chi connectivity index (χ3v) is 2.60. The highest BCUT2D eigenvalue weighted by molar-refractivity contribution is 5.40. The van der Waals surface area contributed by atoms with Crippen molar-refractivity contribution < 1.29 is 4.74 Å². The maximum Gasteiger partial charge on any atom is 0.126 e. The molecule has 1 aromatic rings. The van der Waals surface area contributed by atoms with Crippen LogP contribution in [0.25, 0.3) is 0 Å². The minimum atomic E-state index is 0.244. The molecular formula is C11H21N3O. The normalized spacial score (nSPS) is 13.5. The standard InChI is InChI=1S/C11H21N3O/c1-7(2)11-13-9(8(3)6-15-5)10(12)14(11)4/h7-8H,6,12H2,1-5H3. The van der Waals surface area contributed by atoms with Crippen LogP contribution in [-0.4, -0.2) is 23.3 Å². The van der Waals surface area contributed by atoms with Crippen LogP contribution in [0.15, 0.2) is 0 Å². The monoisotopic (exact) mass is 211 g/mol. The summed E-state index contributed by atoms with van der Waals surface area (Å²) >= 11 is 0. The van der Waals surface area contributed by atoms with Crippen LogP contribution >= 0.6 is 0 Å². The predicted octanol–water partition coefficient (Wildman–Crippen LogP) is 1.88. The number of hydrogen-bond acceptors (Lipinski definition) is 3. The van der Waals surface area contributed by atoms with Crippen molar-refractivity contribution >= 4 is 5.82 Å². The van der Waals surface area contributed by atoms with Gasteiger partial charge in [-0.05, 0) is 0 Å². The zero-order valence-corrected chi connectivity index (χ0v) is 10.2. The van der Waals surface area contributed by atoms with Crippen molar-refractivity contribution in [3.8, 4) is 0 Å². The van der Waals surface area contributed by atoms with E-state index in [0.29, 0.717) is 12.5 Å². The van der Waals surface area contributed by atoms with Gasteiger partial charge in [0.1, 0.15) is 11.6 Å². The van der Waals surface area contributed by atoms with Crippen molar-refractivity contribution in [2.75, 3.05) is 19.5 Å². The quantitative estimate of drug-likeness (QED) is 0.827. The van der Waals surface area contributed by atoms with Gasteiger partial charge in [0.2, 0.25) is 0 Å². The molecule has 15 heavy (non-hydrogen) atoms. The molecule has 1 atom stereocenters. The van der Waals surface area contributed by atoms with Crippen molar-refractivity contribution in [1.29, 1.82) is 0 Å². The highest BCUT2D eigenvalue weighted by Gasteiger charge is 2.18. The van der Waals surface area contributed by atoms with Gasteiger partial charge < -0.3 is 15.0 Å². The number of nitrogen functional groups attached to an aromatic ring is 1. The van der Waals surface area contributed by atoms with E-state index >= 15 is 0 Å². The van der Waals surface area contributed by atoms with Gasteiger partial charge >= 0.3 is 0 Å². The van der Waals surface area contributed by atoms with E-state index in [1.54, 1.807) is 7.11 Å². The van der Waals surface area contributed by atoms with E-state index in [2.05, 4.69) is 25.8 Å². The first-order chi connectivity index (χ1) is 6.99. The van der Waals surface area contributed by atoms with E-state index < -0.39 is 0 Å². The molecule has 0 aromatic carbocycles. The molecule has 1 unspecified atom stereocenters. The van der Waals surface area contributed by atoms with Gasteiger partial charge in [-0.3, -0.25) is 0 Å². The fraction of sp³-hybridized carbons (Fsp3) is 0.727. The highest BCUT2D eigenvalue weighted by atomic mass is 16.5. The van der Waals surface area contributed by atoms with E-state index in [9.17, 15) is 0 Å². The van der Waals surface area contributed by atoms with Crippen LogP contribution in [0.2, 0.25) is 0 Å². The molecule has 0 amide bonds. The maximum atomic E-state index is 6.02. The lowest BCUT2D eigenvalue weighted by molar-refractivity contribution is 0.183. The van der Waals surface area contributed by atoms with Crippen LogP contribution in [0.4, 0.5) is 5.82 Å². The molecule has 86 valence electrons. The minimum absolute atomic E-state index is 0.244. The van der Waals surface area contributed by atoms with Gasteiger partial charge in [-0.1, -0.05) is 20.8 Å². The topological polar surface area (TPSA) is 53.1 Å². The number of nitrogens with two attached hydrogens (primary N) is 1. The average molecular weight is 211 g/mol. The van der Waals surface area contributed by atoms with Crippen LogP contribution in [-0.2, 0) is 11.8 Å². The summed E-state index contributed by atoms with van der Waals surface area (Å²) < 4.78 is 7.08. The number of hydrogen-bond donors (Lipinski definition) is 1. The molecule has 0 aliphatic carbocycles. The number of nitrogens with zero attached hydrogens (tertiary/aromatic N) is 2. The molecule has 0 fully saturated rings. The lowest BCUT2D eigenvalue weighted by Gasteiger charge is -2.07. The van der Waals surface area contributed by atoms with Crippen molar-refractivity contribution in [1.82, 2.24) is 9.55 Å². The number of ether oxygens (including phenoxy) is 1. The molecular weight excluding hydrogens is 190 g/mol. The van der Waals surface area contributed by atoms with Crippen molar-refractivity contribution in [2.45, 2.75) is 32.6 Å². The fourth-order valence-corrected chi connectivity index (χ4v) is 1.76. The van der Waals surface area contributed by atoms with Crippen LogP contribution < -0.4 is 5.73 Å². The summed E-state index contributed by atoms with van der Waals surface area (Å²) in [5.74, 6) is 2.42. The number of rotatable bonds is 4. The van der Waals surface area contributed by atoms with Crippen LogP contribution in [0.5, 0.6) is 0 Å². The number of imidazole rings is 1. The zero-order valence-electron chi connectivity index (χ0n) is 10.2. The first-order valence-corrected chi connectivity index (χ1v) is 5.29. The Labute approximate surface area is 91.4 Å². The molecule has 4 nitrogen and oxygen atoms in total. The molecule has 2 N–H and O–H groups in total.